The second-order valence-electron chi connectivity index (χ2n) is 18.9. The molecule has 1 aromatic carbocycles. The Balaban J connectivity index is 1.64. The first-order valence-electron chi connectivity index (χ1n) is 17.2. The predicted molar refractivity (Wildman–Crippen MR) is 184 cm³/mol. The fourth-order valence-corrected chi connectivity index (χ4v) is 9.12. The van der Waals surface area contributed by atoms with Gasteiger partial charge in [-0.1, -0.05) is 151 Å². The normalized spacial score (nSPS) is 34.1. The van der Waals surface area contributed by atoms with Crippen LogP contribution in [0.3, 0.4) is 0 Å². The molecule has 0 N–H and O–H groups in total. The number of fused-ring (bicyclic) bond motifs is 3. The van der Waals surface area contributed by atoms with Crippen LogP contribution >= 0.6 is 0 Å². The molecule has 4 aliphatic carbocycles. The SMILES string of the molecule is CC1CC(C(C)(C)C)CC1[C@@H](c1ccc(C(C)(C)C)cc1)C1C2C=CC(C(C)(C)C)=CC2C2C=C(C(C)(C)C)C=CC21. The minimum atomic E-state index is 0.177. The summed E-state index contributed by atoms with van der Waals surface area (Å²) in [5, 5.41) is 0. The molecule has 5 rings (SSSR count). The van der Waals surface area contributed by atoms with Crippen LogP contribution in [-0.4, -0.2) is 0 Å². The lowest BCUT2D eigenvalue weighted by molar-refractivity contribution is 0.195. The Morgan fingerprint density at radius 1 is 0.595 bits per heavy atom. The van der Waals surface area contributed by atoms with Crippen LogP contribution in [0.25, 0.3) is 0 Å². The predicted octanol–water partition coefficient (Wildman–Crippen LogP) is 12.0. The van der Waals surface area contributed by atoms with Crippen molar-refractivity contribution in [3.63, 3.8) is 0 Å². The van der Waals surface area contributed by atoms with E-state index in [1.165, 1.54) is 29.6 Å². The Kier molecular flexibility index (Phi) is 8.02. The Morgan fingerprint density at radius 3 is 1.45 bits per heavy atom. The average Bonchev–Trinajstić information content (AvgIpc) is 3.41. The van der Waals surface area contributed by atoms with Gasteiger partial charge in [-0.05, 0) is 110 Å². The van der Waals surface area contributed by atoms with Crippen molar-refractivity contribution in [3.8, 4) is 0 Å². The minimum absolute atomic E-state index is 0.177. The zero-order valence-electron chi connectivity index (χ0n) is 29.4. The lowest BCUT2D eigenvalue weighted by atomic mass is 9.64. The van der Waals surface area contributed by atoms with Crippen LogP contribution in [0, 0.1) is 63.6 Å². The molecule has 0 heteroatoms. The molecule has 0 saturated heterocycles. The molecule has 0 radical (unpaired) electrons. The Labute approximate surface area is 260 Å². The molecule has 7 unspecified atom stereocenters. The van der Waals surface area contributed by atoms with Crippen LogP contribution in [0.15, 0.2) is 71.9 Å². The van der Waals surface area contributed by atoms with Crippen molar-refractivity contribution in [2.24, 2.45) is 63.6 Å². The third-order valence-electron chi connectivity index (χ3n) is 11.9. The van der Waals surface area contributed by atoms with Gasteiger partial charge in [-0.25, -0.2) is 0 Å². The molecule has 0 heterocycles. The summed E-state index contributed by atoms with van der Waals surface area (Å²) in [6.45, 7) is 31.4. The standard InChI is InChI=1S/C42H62/c1-26-22-31(42(11,12)13)25-34(26)37(27-14-16-28(17-15-27)39(2,3)4)38-32-20-18-29(40(5,6)7)23-35(32)36-24-30(41(8,9)10)19-21-33(36)38/h14-21,23-24,26,31-38H,22,25H2,1-13H3/t26?,31?,32?,33?,34?,35?,36?,37-,38?/m1/s1. The number of hydrogen-bond donors (Lipinski definition) is 0. The Morgan fingerprint density at radius 2 is 1.07 bits per heavy atom. The van der Waals surface area contributed by atoms with Crippen molar-refractivity contribution in [2.45, 2.75) is 114 Å². The molecule has 0 amide bonds. The first-order valence-corrected chi connectivity index (χ1v) is 17.2. The van der Waals surface area contributed by atoms with Gasteiger partial charge in [0.1, 0.15) is 0 Å². The first kappa shape index (κ1) is 31.6. The number of hydrogen-bond acceptors (Lipinski definition) is 0. The van der Waals surface area contributed by atoms with Gasteiger partial charge in [0.2, 0.25) is 0 Å². The molecule has 0 nitrogen and oxygen atoms in total. The molecule has 0 aliphatic heterocycles. The summed E-state index contributed by atoms with van der Waals surface area (Å²) in [4.78, 5) is 0. The van der Waals surface area contributed by atoms with Gasteiger partial charge < -0.3 is 0 Å². The van der Waals surface area contributed by atoms with E-state index in [-0.39, 0.29) is 16.2 Å². The van der Waals surface area contributed by atoms with E-state index in [1.54, 1.807) is 5.56 Å². The first-order chi connectivity index (χ1) is 19.3. The van der Waals surface area contributed by atoms with E-state index in [9.17, 15) is 0 Å². The van der Waals surface area contributed by atoms with Crippen LogP contribution in [0.2, 0.25) is 0 Å². The lowest BCUT2D eigenvalue weighted by Crippen LogP contribution is -2.31. The molecule has 1 aromatic rings. The molecular weight excluding hydrogens is 504 g/mol. The van der Waals surface area contributed by atoms with Crippen LogP contribution in [0.5, 0.6) is 0 Å². The molecule has 0 aromatic heterocycles. The van der Waals surface area contributed by atoms with Gasteiger partial charge in [0.15, 0.2) is 0 Å². The maximum atomic E-state index is 2.72. The van der Waals surface area contributed by atoms with Gasteiger partial charge in [-0.2, -0.15) is 0 Å². The second kappa shape index (κ2) is 10.7. The van der Waals surface area contributed by atoms with E-state index < -0.39 is 0 Å². The maximum absolute atomic E-state index is 2.72. The van der Waals surface area contributed by atoms with Crippen molar-refractivity contribution in [3.05, 3.63) is 83.0 Å². The highest BCUT2D eigenvalue weighted by Crippen LogP contribution is 2.62. The molecule has 4 aliphatic rings. The smallest absolute Gasteiger partial charge is 0.00909 e. The van der Waals surface area contributed by atoms with Crippen molar-refractivity contribution < 1.29 is 0 Å². The van der Waals surface area contributed by atoms with Gasteiger partial charge >= 0.3 is 0 Å². The fourth-order valence-electron chi connectivity index (χ4n) is 9.12. The highest BCUT2D eigenvalue weighted by atomic mass is 14.6. The number of rotatable bonds is 3. The van der Waals surface area contributed by atoms with Gasteiger partial charge in [-0.3, -0.25) is 0 Å². The Hall–Kier alpha value is -1.82. The lowest BCUT2D eigenvalue weighted by Gasteiger charge is -2.40. The summed E-state index contributed by atoms with van der Waals surface area (Å²) >= 11 is 0. The zero-order valence-corrected chi connectivity index (χ0v) is 29.4. The van der Waals surface area contributed by atoms with Gasteiger partial charge in [0, 0.05) is 0 Å². The third kappa shape index (κ3) is 5.95. The molecule has 230 valence electrons. The third-order valence-corrected chi connectivity index (χ3v) is 11.9. The summed E-state index contributed by atoms with van der Waals surface area (Å²) < 4.78 is 0. The quantitative estimate of drug-likeness (QED) is 0.341. The topological polar surface area (TPSA) is 0 Å². The summed E-state index contributed by atoms with van der Waals surface area (Å²) in [6.07, 6.45) is 18.5. The number of benzene rings is 1. The highest BCUT2D eigenvalue weighted by molar-refractivity contribution is 5.41. The molecule has 8 atom stereocenters. The largest absolute Gasteiger partial charge is 0.0802 e. The molecule has 2 saturated carbocycles. The van der Waals surface area contributed by atoms with Crippen molar-refractivity contribution in [1.29, 1.82) is 0 Å². The number of allylic oxidation sites excluding steroid dienone is 8. The van der Waals surface area contributed by atoms with Crippen LogP contribution in [-0.2, 0) is 5.41 Å². The van der Waals surface area contributed by atoms with E-state index >= 15 is 0 Å². The van der Waals surface area contributed by atoms with E-state index in [4.69, 9.17) is 0 Å². The van der Waals surface area contributed by atoms with Crippen molar-refractivity contribution in [1.82, 2.24) is 0 Å². The van der Waals surface area contributed by atoms with E-state index in [0.717, 1.165) is 17.8 Å². The van der Waals surface area contributed by atoms with E-state index in [0.29, 0.717) is 40.9 Å². The van der Waals surface area contributed by atoms with Crippen molar-refractivity contribution in [2.75, 3.05) is 0 Å². The minimum Gasteiger partial charge on any atom is -0.0802 e. The zero-order chi connectivity index (χ0) is 31.0. The molecule has 0 spiro atoms. The highest BCUT2D eigenvalue weighted by Gasteiger charge is 2.55. The maximum Gasteiger partial charge on any atom is -0.00909 e. The average molecular weight is 567 g/mol. The summed E-state index contributed by atoms with van der Waals surface area (Å²) in [5.41, 5.74) is 7.00. The summed E-state index contributed by atoms with van der Waals surface area (Å²) in [5.74, 6) is 5.79. The van der Waals surface area contributed by atoms with Crippen LogP contribution in [0.1, 0.15) is 120 Å². The molecule has 0 bridgehead atoms. The Bertz CT molecular complexity index is 1200. The van der Waals surface area contributed by atoms with Gasteiger partial charge in [0.25, 0.3) is 0 Å². The van der Waals surface area contributed by atoms with Gasteiger partial charge in [0.05, 0.1) is 0 Å². The second-order valence-corrected chi connectivity index (χ2v) is 18.9. The fraction of sp³-hybridized carbons (Fsp3) is 0.667. The summed E-state index contributed by atoms with van der Waals surface area (Å²) in [7, 11) is 0. The van der Waals surface area contributed by atoms with Crippen LogP contribution < -0.4 is 0 Å². The van der Waals surface area contributed by atoms with E-state index in [2.05, 4.69) is 151 Å². The van der Waals surface area contributed by atoms with Crippen LogP contribution in [0.4, 0.5) is 0 Å². The molecular formula is C42H62. The van der Waals surface area contributed by atoms with E-state index in [1.807, 2.05) is 0 Å². The van der Waals surface area contributed by atoms with Crippen molar-refractivity contribution >= 4 is 0 Å². The van der Waals surface area contributed by atoms with Gasteiger partial charge in [-0.15, -0.1) is 0 Å². The molecule has 42 heavy (non-hydrogen) atoms. The molecule has 2 fully saturated rings. The summed E-state index contributed by atoms with van der Waals surface area (Å²) in [6, 6.07) is 9.98. The monoisotopic (exact) mass is 566 g/mol.